The largest absolute Gasteiger partial charge is 0.388 e. The average molecular weight is 209 g/mol. The number of β-amino-alcohol motifs (C(OH)–C–C–N with tert-alkyl or cyclic N) is 1. The highest BCUT2D eigenvalue weighted by molar-refractivity contribution is 5.92. The smallest absolute Gasteiger partial charge is 0.274 e. The van der Waals surface area contributed by atoms with Crippen molar-refractivity contribution in [2.45, 2.75) is 18.9 Å². The molecule has 2 heterocycles. The Bertz CT molecular complexity index is 384. The van der Waals surface area contributed by atoms with Gasteiger partial charge in [0.1, 0.15) is 5.69 Å². The van der Waals surface area contributed by atoms with E-state index in [1.807, 2.05) is 7.05 Å². The maximum absolute atomic E-state index is 11.9. The van der Waals surface area contributed by atoms with E-state index in [1.165, 1.54) is 0 Å². The molecular weight excluding hydrogens is 194 g/mol. The Labute approximate surface area is 88.3 Å². The van der Waals surface area contributed by atoms with Gasteiger partial charge < -0.3 is 14.6 Å². The summed E-state index contributed by atoms with van der Waals surface area (Å²) in [6.07, 6.45) is 3.92. The van der Waals surface area contributed by atoms with Crippen LogP contribution in [-0.4, -0.2) is 44.2 Å². The molecule has 5 heteroatoms. The first-order valence-corrected chi connectivity index (χ1v) is 4.97. The van der Waals surface area contributed by atoms with Gasteiger partial charge in [0.15, 0.2) is 0 Å². The minimum Gasteiger partial charge on any atom is -0.388 e. The van der Waals surface area contributed by atoms with Crippen LogP contribution in [-0.2, 0) is 7.05 Å². The first-order valence-electron chi connectivity index (χ1n) is 4.97. The fourth-order valence-electron chi connectivity index (χ4n) is 1.80. The predicted octanol–water partition coefficient (Wildman–Crippen LogP) is 0.0170. The zero-order valence-corrected chi connectivity index (χ0v) is 8.97. The van der Waals surface area contributed by atoms with Gasteiger partial charge in [-0.15, -0.1) is 0 Å². The molecule has 1 saturated heterocycles. The van der Waals surface area contributed by atoms with E-state index in [2.05, 4.69) is 4.98 Å². The molecule has 0 bridgehead atoms. The van der Waals surface area contributed by atoms with Crippen LogP contribution in [0, 0.1) is 0 Å². The van der Waals surface area contributed by atoms with Gasteiger partial charge in [-0.25, -0.2) is 4.98 Å². The summed E-state index contributed by atoms with van der Waals surface area (Å²) in [5.41, 5.74) is -0.306. The molecule has 1 aliphatic rings. The molecule has 1 fully saturated rings. The van der Waals surface area contributed by atoms with Crippen LogP contribution in [0.1, 0.15) is 23.8 Å². The molecule has 1 amide bonds. The summed E-state index contributed by atoms with van der Waals surface area (Å²) in [6.45, 7) is 2.74. The van der Waals surface area contributed by atoms with Gasteiger partial charge in [-0.1, -0.05) is 0 Å². The maximum Gasteiger partial charge on any atom is 0.274 e. The summed E-state index contributed by atoms with van der Waals surface area (Å²) in [4.78, 5) is 17.5. The lowest BCUT2D eigenvalue weighted by Gasteiger charge is -2.17. The van der Waals surface area contributed by atoms with Gasteiger partial charge in [-0.05, 0) is 13.3 Å². The molecule has 82 valence electrons. The zero-order valence-electron chi connectivity index (χ0n) is 8.97. The average Bonchev–Trinajstić information content (AvgIpc) is 2.71. The highest BCUT2D eigenvalue weighted by Crippen LogP contribution is 2.21. The van der Waals surface area contributed by atoms with Crippen molar-refractivity contribution < 1.29 is 9.90 Å². The number of aromatic nitrogens is 2. The fourth-order valence-corrected chi connectivity index (χ4v) is 1.80. The van der Waals surface area contributed by atoms with Crippen molar-refractivity contribution >= 4 is 5.91 Å². The molecule has 1 aromatic rings. The highest BCUT2D eigenvalue weighted by Gasteiger charge is 2.34. The van der Waals surface area contributed by atoms with Crippen molar-refractivity contribution in [3.05, 3.63) is 18.2 Å². The van der Waals surface area contributed by atoms with Gasteiger partial charge in [0.05, 0.1) is 11.9 Å². The fraction of sp³-hybridized carbons (Fsp3) is 0.600. The topological polar surface area (TPSA) is 58.4 Å². The monoisotopic (exact) mass is 209 g/mol. The summed E-state index contributed by atoms with van der Waals surface area (Å²) in [5.74, 6) is -0.103. The molecule has 0 spiro atoms. The van der Waals surface area contributed by atoms with E-state index < -0.39 is 5.60 Å². The molecule has 0 saturated carbocycles. The van der Waals surface area contributed by atoms with Crippen molar-refractivity contribution in [1.82, 2.24) is 14.5 Å². The number of aliphatic hydroxyl groups is 1. The summed E-state index contributed by atoms with van der Waals surface area (Å²) < 4.78 is 1.74. The second-order valence-electron chi connectivity index (χ2n) is 4.40. The molecule has 1 aromatic heterocycles. The van der Waals surface area contributed by atoms with E-state index in [-0.39, 0.29) is 5.91 Å². The van der Waals surface area contributed by atoms with Crippen molar-refractivity contribution in [3.63, 3.8) is 0 Å². The Hall–Kier alpha value is -1.36. The van der Waals surface area contributed by atoms with E-state index in [1.54, 1.807) is 28.9 Å². The molecule has 1 N–H and O–H groups in total. The molecule has 0 aliphatic carbocycles. The first-order chi connectivity index (χ1) is 6.98. The second-order valence-corrected chi connectivity index (χ2v) is 4.40. The Morgan fingerprint density at radius 3 is 2.87 bits per heavy atom. The standard InChI is InChI=1S/C10H15N3O2/c1-10(15)3-4-13(6-10)9(14)8-5-12(2)7-11-8/h5,7,15H,3-4,6H2,1-2H3. The SMILES string of the molecule is Cn1cnc(C(=O)N2CCC(C)(O)C2)c1. The van der Waals surface area contributed by atoms with Gasteiger partial charge in [-0.3, -0.25) is 4.79 Å². The van der Waals surface area contributed by atoms with Gasteiger partial charge in [0.2, 0.25) is 0 Å². The molecule has 0 radical (unpaired) electrons. The van der Waals surface area contributed by atoms with Gasteiger partial charge in [0, 0.05) is 26.3 Å². The van der Waals surface area contributed by atoms with Crippen LogP contribution in [0.3, 0.4) is 0 Å². The first kappa shape index (κ1) is 10.2. The van der Waals surface area contributed by atoms with E-state index >= 15 is 0 Å². The number of carbonyl (C=O) groups excluding carboxylic acids is 1. The van der Waals surface area contributed by atoms with E-state index in [0.29, 0.717) is 25.2 Å². The van der Waals surface area contributed by atoms with Crippen LogP contribution < -0.4 is 0 Å². The number of nitrogens with zero attached hydrogens (tertiary/aromatic N) is 3. The quantitative estimate of drug-likeness (QED) is 0.709. The molecule has 5 nitrogen and oxygen atoms in total. The number of hydrogen-bond acceptors (Lipinski definition) is 3. The van der Waals surface area contributed by atoms with Crippen molar-refractivity contribution in [2.75, 3.05) is 13.1 Å². The molecule has 2 rings (SSSR count). The maximum atomic E-state index is 11.9. The molecular formula is C10H15N3O2. The highest BCUT2D eigenvalue weighted by atomic mass is 16.3. The number of imidazole rings is 1. The minimum atomic E-state index is -0.746. The van der Waals surface area contributed by atoms with Gasteiger partial charge in [0.25, 0.3) is 5.91 Å². The normalized spacial score (nSPS) is 25.9. The predicted molar refractivity (Wildman–Crippen MR) is 54.4 cm³/mol. The number of carbonyl (C=O) groups is 1. The minimum absolute atomic E-state index is 0.103. The van der Waals surface area contributed by atoms with Crippen LogP contribution >= 0.6 is 0 Å². The third kappa shape index (κ3) is 2.02. The molecule has 1 aliphatic heterocycles. The lowest BCUT2D eigenvalue weighted by molar-refractivity contribution is 0.0569. The summed E-state index contributed by atoms with van der Waals surface area (Å²) in [6, 6.07) is 0. The van der Waals surface area contributed by atoms with Crippen LogP contribution in [0.15, 0.2) is 12.5 Å². The van der Waals surface area contributed by atoms with Crippen molar-refractivity contribution in [2.24, 2.45) is 7.05 Å². The van der Waals surface area contributed by atoms with Crippen molar-refractivity contribution in [1.29, 1.82) is 0 Å². The number of hydrogen-bond donors (Lipinski definition) is 1. The van der Waals surface area contributed by atoms with Crippen LogP contribution in [0.25, 0.3) is 0 Å². The number of likely N-dealkylation sites (tertiary alicyclic amines) is 1. The molecule has 15 heavy (non-hydrogen) atoms. The molecule has 1 atom stereocenters. The number of rotatable bonds is 1. The Morgan fingerprint density at radius 1 is 1.67 bits per heavy atom. The van der Waals surface area contributed by atoms with Crippen LogP contribution in [0.2, 0.25) is 0 Å². The lowest BCUT2D eigenvalue weighted by atomic mass is 10.1. The van der Waals surface area contributed by atoms with Gasteiger partial charge >= 0.3 is 0 Å². The van der Waals surface area contributed by atoms with Crippen LogP contribution in [0.4, 0.5) is 0 Å². The number of amides is 1. The molecule has 1 unspecified atom stereocenters. The third-order valence-electron chi connectivity index (χ3n) is 2.66. The molecule has 0 aromatic carbocycles. The second kappa shape index (κ2) is 3.34. The Morgan fingerprint density at radius 2 is 2.40 bits per heavy atom. The van der Waals surface area contributed by atoms with Crippen molar-refractivity contribution in [3.8, 4) is 0 Å². The van der Waals surface area contributed by atoms with E-state index in [4.69, 9.17) is 0 Å². The zero-order chi connectivity index (χ0) is 11.1. The third-order valence-corrected chi connectivity index (χ3v) is 2.66. The summed E-state index contributed by atoms with van der Waals surface area (Å²) in [5, 5.41) is 9.75. The Kier molecular flexibility index (Phi) is 2.26. The summed E-state index contributed by atoms with van der Waals surface area (Å²) >= 11 is 0. The lowest BCUT2D eigenvalue weighted by Crippen LogP contribution is -2.34. The summed E-state index contributed by atoms with van der Waals surface area (Å²) in [7, 11) is 1.82. The Balaban J connectivity index is 2.10. The van der Waals surface area contributed by atoms with Crippen LogP contribution in [0.5, 0.6) is 0 Å². The van der Waals surface area contributed by atoms with E-state index in [9.17, 15) is 9.90 Å². The number of aryl methyl sites for hydroxylation is 1. The van der Waals surface area contributed by atoms with Gasteiger partial charge in [-0.2, -0.15) is 0 Å². The van der Waals surface area contributed by atoms with E-state index in [0.717, 1.165) is 0 Å².